The van der Waals surface area contributed by atoms with Crippen LogP contribution in [0.5, 0.6) is 0 Å². The molecule has 1 aromatic rings. The molecule has 1 atom stereocenters. The van der Waals surface area contributed by atoms with E-state index in [1.54, 1.807) is 24.1 Å². The highest BCUT2D eigenvalue weighted by Crippen LogP contribution is 2.24. The summed E-state index contributed by atoms with van der Waals surface area (Å²) >= 11 is 0. The van der Waals surface area contributed by atoms with Crippen molar-refractivity contribution in [3.05, 3.63) is 35.6 Å². The van der Waals surface area contributed by atoms with Gasteiger partial charge in [0.25, 0.3) is 0 Å². The number of methoxy groups -OCH3 is 1. The number of rotatable bonds is 7. The van der Waals surface area contributed by atoms with E-state index < -0.39 is 0 Å². The van der Waals surface area contributed by atoms with Gasteiger partial charge in [-0.15, -0.1) is 0 Å². The zero-order valence-corrected chi connectivity index (χ0v) is 16.4. The summed E-state index contributed by atoms with van der Waals surface area (Å²) in [5.74, 6) is -0.354. The SMILES string of the molecule is COCCOC1CCN(C(=O)[C@@H]2CCC(=O)N(Cc3cccc(F)c3)C2)CC1. The van der Waals surface area contributed by atoms with Crippen LogP contribution in [0, 0.1) is 11.7 Å². The molecule has 7 heteroatoms. The quantitative estimate of drug-likeness (QED) is 0.668. The van der Waals surface area contributed by atoms with Gasteiger partial charge in [-0.2, -0.15) is 0 Å². The molecule has 154 valence electrons. The highest BCUT2D eigenvalue weighted by molar-refractivity contribution is 5.84. The van der Waals surface area contributed by atoms with Crippen molar-refractivity contribution < 1.29 is 23.5 Å². The molecule has 2 fully saturated rings. The smallest absolute Gasteiger partial charge is 0.227 e. The molecule has 0 unspecified atom stereocenters. The zero-order valence-electron chi connectivity index (χ0n) is 16.4. The maximum absolute atomic E-state index is 13.4. The van der Waals surface area contributed by atoms with Crippen molar-refractivity contribution >= 4 is 11.8 Å². The van der Waals surface area contributed by atoms with E-state index in [0.717, 1.165) is 18.4 Å². The van der Waals surface area contributed by atoms with Crippen LogP contribution in [0.1, 0.15) is 31.2 Å². The third kappa shape index (κ3) is 5.52. The highest BCUT2D eigenvalue weighted by Gasteiger charge is 2.34. The van der Waals surface area contributed by atoms with Crippen LogP contribution in [0.4, 0.5) is 4.39 Å². The Bertz CT molecular complexity index is 676. The first-order valence-corrected chi connectivity index (χ1v) is 9.98. The van der Waals surface area contributed by atoms with E-state index in [9.17, 15) is 14.0 Å². The number of amides is 2. The topological polar surface area (TPSA) is 59.1 Å². The summed E-state index contributed by atoms with van der Waals surface area (Å²) in [5, 5.41) is 0. The predicted octanol–water partition coefficient (Wildman–Crippen LogP) is 2.22. The van der Waals surface area contributed by atoms with Gasteiger partial charge in [-0.25, -0.2) is 4.39 Å². The van der Waals surface area contributed by atoms with Crippen LogP contribution in [0.3, 0.4) is 0 Å². The van der Waals surface area contributed by atoms with Crippen LogP contribution in [0.25, 0.3) is 0 Å². The number of benzene rings is 1. The molecular formula is C21H29FN2O4. The van der Waals surface area contributed by atoms with Crippen molar-refractivity contribution in [1.29, 1.82) is 0 Å². The molecular weight excluding hydrogens is 363 g/mol. The molecule has 0 spiro atoms. The summed E-state index contributed by atoms with van der Waals surface area (Å²) in [4.78, 5) is 28.8. The Morgan fingerprint density at radius 2 is 2.00 bits per heavy atom. The molecule has 0 bridgehead atoms. The van der Waals surface area contributed by atoms with Gasteiger partial charge in [-0.1, -0.05) is 12.1 Å². The molecule has 3 rings (SSSR count). The van der Waals surface area contributed by atoms with Crippen LogP contribution in [0.15, 0.2) is 24.3 Å². The Kier molecular flexibility index (Phi) is 7.39. The van der Waals surface area contributed by atoms with Gasteiger partial charge in [0.1, 0.15) is 5.82 Å². The summed E-state index contributed by atoms with van der Waals surface area (Å²) in [7, 11) is 1.65. The van der Waals surface area contributed by atoms with Crippen LogP contribution >= 0.6 is 0 Å². The second-order valence-electron chi connectivity index (χ2n) is 7.53. The van der Waals surface area contributed by atoms with E-state index in [0.29, 0.717) is 52.2 Å². The molecule has 2 aliphatic rings. The molecule has 0 N–H and O–H groups in total. The van der Waals surface area contributed by atoms with Crippen molar-refractivity contribution in [3.63, 3.8) is 0 Å². The first-order valence-electron chi connectivity index (χ1n) is 9.98. The molecule has 0 aromatic heterocycles. The fourth-order valence-corrected chi connectivity index (χ4v) is 3.92. The molecule has 2 saturated heterocycles. The molecule has 1 aromatic carbocycles. The van der Waals surface area contributed by atoms with Gasteiger partial charge < -0.3 is 19.3 Å². The number of hydrogen-bond donors (Lipinski definition) is 0. The lowest BCUT2D eigenvalue weighted by Gasteiger charge is -2.37. The van der Waals surface area contributed by atoms with Crippen LogP contribution in [0.2, 0.25) is 0 Å². The second-order valence-corrected chi connectivity index (χ2v) is 7.53. The van der Waals surface area contributed by atoms with Gasteiger partial charge in [0.15, 0.2) is 0 Å². The van der Waals surface area contributed by atoms with Crippen molar-refractivity contribution in [1.82, 2.24) is 9.80 Å². The molecule has 0 aliphatic carbocycles. The molecule has 2 aliphatic heterocycles. The number of likely N-dealkylation sites (tertiary alicyclic amines) is 2. The van der Waals surface area contributed by atoms with E-state index in [1.165, 1.54) is 12.1 Å². The largest absolute Gasteiger partial charge is 0.382 e. The fourth-order valence-electron chi connectivity index (χ4n) is 3.92. The number of halogens is 1. The average molecular weight is 392 g/mol. The maximum atomic E-state index is 13.4. The van der Waals surface area contributed by atoms with E-state index >= 15 is 0 Å². The minimum Gasteiger partial charge on any atom is -0.382 e. The first kappa shape index (κ1) is 20.7. The van der Waals surface area contributed by atoms with E-state index in [1.807, 2.05) is 4.90 Å². The standard InChI is InChI=1S/C21H29FN2O4/c1-27-11-12-28-19-7-9-23(10-8-19)21(26)17-5-6-20(25)24(15-17)14-16-3-2-4-18(22)13-16/h2-4,13,17,19H,5-12,14-15H2,1H3/t17-/m1/s1. The number of ether oxygens (including phenoxy) is 2. The minimum atomic E-state index is -0.315. The Morgan fingerprint density at radius 1 is 1.21 bits per heavy atom. The Balaban J connectivity index is 1.51. The van der Waals surface area contributed by atoms with E-state index in [2.05, 4.69) is 0 Å². The monoisotopic (exact) mass is 392 g/mol. The molecule has 0 radical (unpaired) electrons. The van der Waals surface area contributed by atoms with Crippen molar-refractivity contribution in [2.24, 2.45) is 5.92 Å². The summed E-state index contributed by atoms with van der Waals surface area (Å²) in [6.07, 6.45) is 2.78. The lowest BCUT2D eigenvalue weighted by molar-refractivity contribution is -0.145. The van der Waals surface area contributed by atoms with E-state index in [4.69, 9.17) is 9.47 Å². The molecule has 2 heterocycles. The predicted molar refractivity (Wildman–Crippen MR) is 102 cm³/mol. The van der Waals surface area contributed by atoms with Gasteiger partial charge in [-0.05, 0) is 37.0 Å². The van der Waals surface area contributed by atoms with Gasteiger partial charge in [0.2, 0.25) is 11.8 Å². The molecule has 0 saturated carbocycles. The Hall–Kier alpha value is -1.99. The van der Waals surface area contributed by atoms with Crippen LogP contribution in [-0.4, -0.2) is 67.7 Å². The van der Waals surface area contributed by atoms with Crippen LogP contribution in [-0.2, 0) is 25.6 Å². The Morgan fingerprint density at radius 3 is 2.71 bits per heavy atom. The Labute approximate surface area is 165 Å². The lowest BCUT2D eigenvalue weighted by Crippen LogP contribution is -2.49. The van der Waals surface area contributed by atoms with Crippen molar-refractivity contribution in [2.75, 3.05) is 40.0 Å². The number of carbonyl (C=O) groups is 2. The lowest BCUT2D eigenvalue weighted by atomic mass is 9.94. The maximum Gasteiger partial charge on any atom is 0.227 e. The second kappa shape index (κ2) is 9.98. The van der Waals surface area contributed by atoms with Gasteiger partial charge in [-0.3, -0.25) is 9.59 Å². The number of hydrogen-bond acceptors (Lipinski definition) is 4. The van der Waals surface area contributed by atoms with Crippen molar-refractivity contribution in [3.8, 4) is 0 Å². The van der Waals surface area contributed by atoms with Crippen LogP contribution < -0.4 is 0 Å². The highest BCUT2D eigenvalue weighted by atomic mass is 19.1. The number of piperidine rings is 2. The third-order valence-corrected chi connectivity index (χ3v) is 5.51. The van der Waals surface area contributed by atoms with Gasteiger partial charge in [0, 0.05) is 39.7 Å². The average Bonchev–Trinajstić information content (AvgIpc) is 2.70. The first-order chi connectivity index (χ1) is 13.6. The fraction of sp³-hybridized carbons (Fsp3) is 0.619. The number of carbonyl (C=O) groups excluding carboxylic acids is 2. The normalized spacial score (nSPS) is 21.2. The third-order valence-electron chi connectivity index (χ3n) is 5.51. The summed E-state index contributed by atoms with van der Waals surface area (Å²) in [6, 6.07) is 6.26. The van der Waals surface area contributed by atoms with Gasteiger partial charge in [0.05, 0.1) is 25.2 Å². The molecule has 6 nitrogen and oxygen atoms in total. The zero-order chi connectivity index (χ0) is 19.9. The summed E-state index contributed by atoms with van der Waals surface area (Å²) in [6.45, 7) is 3.27. The van der Waals surface area contributed by atoms with Crippen molar-refractivity contribution in [2.45, 2.75) is 38.3 Å². The number of nitrogens with zero attached hydrogens (tertiary/aromatic N) is 2. The van der Waals surface area contributed by atoms with Gasteiger partial charge >= 0.3 is 0 Å². The molecule has 28 heavy (non-hydrogen) atoms. The van der Waals surface area contributed by atoms with E-state index in [-0.39, 0.29) is 29.7 Å². The summed E-state index contributed by atoms with van der Waals surface area (Å²) in [5.41, 5.74) is 0.746. The minimum absolute atomic E-state index is 0.0264. The molecule has 2 amide bonds. The summed E-state index contributed by atoms with van der Waals surface area (Å²) < 4.78 is 24.2.